The lowest BCUT2D eigenvalue weighted by molar-refractivity contribution is -0.115. The fourth-order valence-corrected chi connectivity index (χ4v) is 4.40. The van der Waals surface area contributed by atoms with E-state index >= 15 is 0 Å². The molecule has 0 aromatic heterocycles. The van der Waals surface area contributed by atoms with Gasteiger partial charge in [0.1, 0.15) is 0 Å². The monoisotopic (exact) mass is 421 g/mol. The van der Waals surface area contributed by atoms with Crippen LogP contribution in [0, 0.1) is 6.92 Å². The quantitative estimate of drug-likeness (QED) is 0.804. The summed E-state index contributed by atoms with van der Waals surface area (Å²) in [6.45, 7) is 3.03. The van der Waals surface area contributed by atoms with Gasteiger partial charge < -0.3 is 10.2 Å². The molecule has 2 aromatic rings. The minimum atomic E-state index is -3.61. The average Bonchev–Trinajstić information content (AvgIpc) is 2.63. The Morgan fingerprint density at radius 1 is 1.21 bits per heavy atom. The topological polar surface area (TPSA) is 69.7 Å². The number of hydrogen-bond acceptors (Lipinski definition) is 4. The van der Waals surface area contributed by atoms with E-state index in [1.165, 1.54) is 43.4 Å². The number of halogens is 1. The number of carbonyl (C=O) groups is 1. The van der Waals surface area contributed by atoms with Crippen LogP contribution in [0.15, 0.2) is 41.3 Å². The van der Waals surface area contributed by atoms with Crippen molar-refractivity contribution in [1.82, 2.24) is 4.31 Å². The highest BCUT2D eigenvalue weighted by Crippen LogP contribution is 2.29. The molecule has 0 bridgehead atoms. The van der Waals surface area contributed by atoms with Gasteiger partial charge >= 0.3 is 0 Å². The van der Waals surface area contributed by atoms with E-state index in [0.29, 0.717) is 5.02 Å². The largest absolute Gasteiger partial charge is 0.362 e. The second-order valence-electron chi connectivity index (χ2n) is 7.13. The molecule has 150 valence electrons. The second-order valence-corrected chi connectivity index (χ2v) is 9.69. The summed E-state index contributed by atoms with van der Waals surface area (Å²) < 4.78 is 25.8. The minimum absolute atomic E-state index is 0.0796. The lowest BCUT2D eigenvalue weighted by atomic mass is 9.99. The van der Waals surface area contributed by atoms with Crippen molar-refractivity contribution in [3.05, 3.63) is 52.5 Å². The van der Waals surface area contributed by atoms with Gasteiger partial charge in [-0.05, 0) is 49.6 Å². The summed E-state index contributed by atoms with van der Waals surface area (Å²) in [5.41, 5.74) is 3.81. The molecule has 0 radical (unpaired) electrons. The van der Waals surface area contributed by atoms with E-state index in [9.17, 15) is 13.2 Å². The molecule has 1 N–H and O–H groups in total. The van der Waals surface area contributed by atoms with E-state index in [1.807, 2.05) is 17.0 Å². The first-order chi connectivity index (χ1) is 13.2. The van der Waals surface area contributed by atoms with Gasteiger partial charge in [0.15, 0.2) is 0 Å². The fourth-order valence-electron chi connectivity index (χ4n) is 3.30. The van der Waals surface area contributed by atoms with Gasteiger partial charge in [-0.3, -0.25) is 4.79 Å². The summed E-state index contributed by atoms with van der Waals surface area (Å²) in [7, 11) is -0.698. The van der Waals surface area contributed by atoms with Gasteiger partial charge in [0.2, 0.25) is 15.9 Å². The van der Waals surface area contributed by atoms with E-state index in [-0.39, 0.29) is 23.0 Å². The van der Waals surface area contributed by atoms with Gasteiger partial charge in [0.25, 0.3) is 0 Å². The number of anilines is 2. The van der Waals surface area contributed by atoms with Crippen molar-refractivity contribution in [2.24, 2.45) is 0 Å². The predicted octanol–water partition coefficient (Wildman–Crippen LogP) is 3.29. The molecule has 0 unspecified atom stereocenters. The number of hydrogen-bond donors (Lipinski definition) is 1. The molecule has 0 saturated carbocycles. The lowest BCUT2D eigenvalue weighted by Gasteiger charge is -2.31. The standard InChI is InChI=1S/C20H24ClN3O3S/c1-14-6-9-19-15(11-14)5-4-10-24(19)13-20(25)22-18-12-16(7-8-17(18)21)28(26,27)23(2)3/h6-9,11-12H,4-5,10,13H2,1-3H3,(H,22,25). The van der Waals surface area contributed by atoms with Gasteiger partial charge in [0, 0.05) is 26.3 Å². The molecule has 1 aliphatic heterocycles. The van der Waals surface area contributed by atoms with Crippen LogP contribution in [-0.2, 0) is 21.2 Å². The minimum Gasteiger partial charge on any atom is -0.362 e. The molecule has 1 amide bonds. The van der Waals surface area contributed by atoms with Crippen molar-refractivity contribution in [2.75, 3.05) is 37.4 Å². The molecule has 6 nitrogen and oxygen atoms in total. The first kappa shape index (κ1) is 20.6. The number of rotatable bonds is 5. The van der Waals surface area contributed by atoms with Crippen molar-refractivity contribution in [2.45, 2.75) is 24.7 Å². The number of benzene rings is 2. The van der Waals surface area contributed by atoms with Gasteiger partial charge in [-0.15, -0.1) is 0 Å². The Hall–Kier alpha value is -2.09. The van der Waals surface area contributed by atoms with E-state index in [2.05, 4.69) is 18.3 Å². The number of amides is 1. The molecule has 1 heterocycles. The summed E-state index contributed by atoms with van der Waals surface area (Å²) >= 11 is 6.17. The van der Waals surface area contributed by atoms with Crippen LogP contribution in [0.25, 0.3) is 0 Å². The summed E-state index contributed by atoms with van der Waals surface area (Å²) in [5, 5.41) is 3.05. The Balaban J connectivity index is 1.78. The smallest absolute Gasteiger partial charge is 0.243 e. The Morgan fingerprint density at radius 3 is 2.68 bits per heavy atom. The van der Waals surface area contributed by atoms with Gasteiger partial charge in [0.05, 0.1) is 22.2 Å². The number of sulfonamides is 1. The Labute approximate surface area is 171 Å². The van der Waals surface area contributed by atoms with Crippen molar-refractivity contribution in [1.29, 1.82) is 0 Å². The maximum atomic E-state index is 12.6. The molecule has 1 aliphatic rings. The first-order valence-corrected chi connectivity index (χ1v) is 10.9. The highest BCUT2D eigenvalue weighted by atomic mass is 35.5. The van der Waals surface area contributed by atoms with E-state index in [0.717, 1.165) is 29.4 Å². The van der Waals surface area contributed by atoms with Crippen LogP contribution in [0.2, 0.25) is 5.02 Å². The highest BCUT2D eigenvalue weighted by Gasteiger charge is 2.21. The lowest BCUT2D eigenvalue weighted by Crippen LogP contribution is -2.36. The SMILES string of the molecule is Cc1ccc2c(c1)CCCN2CC(=O)Nc1cc(S(=O)(=O)N(C)C)ccc1Cl. The zero-order chi connectivity index (χ0) is 20.5. The molecule has 0 atom stereocenters. The summed E-state index contributed by atoms with van der Waals surface area (Å²) in [5.74, 6) is -0.241. The van der Waals surface area contributed by atoms with Crippen LogP contribution >= 0.6 is 11.6 Å². The van der Waals surface area contributed by atoms with Crippen LogP contribution in [0.1, 0.15) is 17.5 Å². The number of nitrogens with zero attached hydrogens (tertiary/aromatic N) is 2. The summed E-state index contributed by atoms with van der Waals surface area (Å²) in [4.78, 5) is 14.8. The van der Waals surface area contributed by atoms with Crippen LogP contribution in [-0.4, -0.2) is 45.8 Å². The maximum Gasteiger partial charge on any atom is 0.243 e. The zero-order valence-electron chi connectivity index (χ0n) is 16.2. The number of nitrogens with one attached hydrogen (secondary N) is 1. The third-order valence-electron chi connectivity index (χ3n) is 4.77. The van der Waals surface area contributed by atoms with E-state index in [4.69, 9.17) is 11.6 Å². The van der Waals surface area contributed by atoms with Gasteiger partial charge in [-0.1, -0.05) is 29.3 Å². The van der Waals surface area contributed by atoms with Crippen molar-refractivity contribution >= 4 is 38.9 Å². The molecule has 2 aromatic carbocycles. The summed E-state index contributed by atoms with van der Waals surface area (Å²) in [6, 6.07) is 10.5. The Kier molecular flexibility index (Phi) is 5.98. The average molecular weight is 422 g/mol. The number of carbonyl (C=O) groups excluding carboxylic acids is 1. The van der Waals surface area contributed by atoms with Crippen LogP contribution in [0.4, 0.5) is 11.4 Å². The second kappa shape index (κ2) is 8.11. The highest BCUT2D eigenvalue weighted by molar-refractivity contribution is 7.89. The van der Waals surface area contributed by atoms with Crippen LogP contribution in [0.3, 0.4) is 0 Å². The molecule has 0 saturated heterocycles. The zero-order valence-corrected chi connectivity index (χ0v) is 17.8. The third kappa shape index (κ3) is 4.32. The van der Waals surface area contributed by atoms with Gasteiger partial charge in [-0.25, -0.2) is 12.7 Å². The Morgan fingerprint density at radius 2 is 1.96 bits per heavy atom. The summed E-state index contributed by atoms with van der Waals surface area (Å²) in [6.07, 6.45) is 1.99. The molecule has 8 heteroatoms. The number of fused-ring (bicyclic) bond motifs is 1. The normalized spacial score (nSPS) is 14.1. The predicted molar refractivity (Wildman–Crippen MR) is 113 cm³/mol. The van der Waals surface area contributed by atoms with Crippen molar-refractivity contribution in [3.8, 4) is 0 Å². The molecular formula is C20H24ClN3O3S. The van der Waals surface area contributed by atoms with E-state index in [1.54, 1.807) is 0 Å². The fraction of sp³-hybridized carbons (Fsp3) is 0.350. The molecule has 0 aliphatic carbocycles. The van der Waals surface area contributed by atoms with Crippen LogP contribution < -0.4 is 10.2 Å². The number of aryl methyl sites for hydroxylation is 2. The van der Waals surface area contributed by atoms with Gasteiger partial charge in [-0.2, -0.15) is 0 Å². The third-order valence-corrected chi connectivity index (χ3v) is 6.92. The van der Waals surface area contributed by atoms with Crippen LogP contribution in [0.5, 0.6) is 0 Å². The molecule has 3 rings (SSSR count). The molecule has 28 heavy (non-hydrogen) atoms. The Bertz CT molecular complexity index is 1010. The van der Waals surface area contributed by atoms with E-state index < -0.39 is 10.0 Å². The molecule has 0 spiro atoms. The molecule has 0 fully saturated rings. The van der Waals surface area contributed by atoms with Crippen molar-refractivity contribution < 1.29 is 13.2 Å². The maximum absolute atomic E-state index is 12.6. The van der Waals surface area contributed by atoms with Crippen molar-refractivity contribution in [3.63, 3.8) is 0 Å². The molecular weight excluding hydrogens is 398 g/mol. The first-order valence-electron chi connectivity index (χ1n) is 9.05.